The Hall–Kier alpha value is -1.26. The van der Waals surface area contributed by atoms with Crippen molar-refractivity contribution in [3.05, 3.63) is 36.4 Å². The van der Waals surface area contributed by atoms with Gasteiger partial charge >= 0.3 is 7.12 Å². The maximum absolute atomic E-state index is 8.91. The molecule has 0 heterocycles. The Labute approximate surface area is 83.8 Å². The summed E-state index contributed by atoms with van der Waals surface area (Å²) in [7, 11) is -1.44. The van der Waals surface area contributed by atoms with Gasteiger partial charge in [0, 0.05) is 0 Å². The fourth-order valence-corrected chi connectivity index (χ4v) is 1.01. The van der Waals surface area contributed by atoms with Gasteiger partial charge in [0.25, 0.3) is 0 Å². The van der Waals surface area contributed by atoms with Crippen molar-refractivity contribution in [2.75, 3.05) is 6.61 Å². The van der Waals surface area contributed by atoms with Gasteiger partial charge in [-0.3, -0.25) is 0 Å². The molecule has 0 aliphatic heterocycles. The summed E-state index contributed by atoms with van der Waals surface area (Å²) >= 11 is 0. The van der Waals surface area contributed by atoms with Crippen molar-refractivity contribution in [3.63, 3.8) is 0 Å². The summed E-state index contributed by atoms with van der Waals surface area (Å²) in [6.45, 7) is 2.40. The van der Waals surface area contributed by atoms with Gasteiger partial charge in [-0.1, -0.05) is 24.3 Å². The zero-order chi connectivity index (χ0) is 10.4. The standard InChI is InChI=1S/C10H13BO3/c1-2-3-7-14-10-6-4-5-9(8-10)11(12)13/h2-6,8,12-13H,7H2,1H3/b3-2+. The van der Waals surface area contributed by atoms with Crippen molar-refractivity contribution in [2.24, 2.45) is 0 Å². The Kier molecular flexibility index (Phi) is 4.23. The number of hydrogen-bond acceptors (Lipinski definition) is 3. The molecule has 0 aliphatic carbocycles. The van der Waals surface area contributed by atoms with E-state index in [1.165, 1.54) is 0 Å². The number of hydrogen-bond donors (Lipinski definition) is 2. The van der Waals surface area contributed by atoms with Gasteiger partial charge in [-0.2, -0.15) is 0 Å². The Morgan fingerprint density at radius 3 is 2.86 bits per heavy atom. The van der Waals surface area contributed by atoms with E-state index in [2.05, 4.69) is 0 Å². The SMILES string of the molecule is C/C=C/COc1cccc(B(O)O)c1. The molecule has 0 amide bonds. The molecule has 74 valence electrons. The first-order chi connectivity index (χ1) is 6.74. The Bertz CT molecular complexity index is 310. The molecule has 3 nitrogen and oxygen atoms in total. The number of ether oxygens (including phenoxy) is 1. The molecular weight excluding hydrogens is 179 g/mol. The van der Waals surface area contributed by atoms with Crippen LogP contribution in [0.15, 0.2) is 36.4 Å². The minimum Gasteiger partial charge on any atom is -0.490 e. The molecular formula is C10H13BO3. The van der Waals surface area contributed by atoms with Gasteiger partial charge in [0.2, 0.25) is 0 Å². The van der Waals surface area contributed by atoms with Gasteiger partial charge < -0.3 is 14.8 Å². The Morgan fingerprint density at radius 1 is 1.43 bits per heavy atom. The van der Waals surface area contributed by atoms with Crippen molar-refractivity contribution in [2.45, 2.75) is 6.92 Å². The predicted molar refractivity (Wildman–Crippen MR) is 56.6 cm³/mol. The first-order valence-electron chi connectivity index (χ1n) is 4.44. The quantitative estimate of drug-likeness (QED) is 0.533. The van der Waals surface area contributed by atoms with Crippen LogP contribution in [0.5, 0.6) is 5.75 Å². The highest BCUT2D eigenvalue weighted by Crippen LogP contribution is 2.07. The van der Waals surface area contributed by atoms with E-state index in [1.807, 2.05) is 19.1 Å². The van der Waals surface area contributed by atoms with Gasteiger partial charge in [-0.05, 0) is 24.5 Å². The minimum absolute atomic E-state index is 0.433. The number of allylic oxidation sites excluding steroid dienone is 1. The second-order valence-corrected chi connectivity index (χ2v) is 2.83. The van der Waals surface area contributed by atoms with Gasteiger partial charge in [0.15, 0.2) is 0 Å². The Morgan fingerprint density at radius 2 is 2.21 bits per heavy atom. The summed E-state index contributed by atoms with van der Waals surface area (Å²) in [6, 6.07) is 6.73. The summed E-state index contributed by atoms with van der Waals surface area (Å²) in [4.78, 5) is 0. The van der Waals surface area contributed by atoms with E-state index in [4.69, 9.17) is 14.8 Å². The molecule has 14 heavy (non-hydrogen) atoms. The molecule has 0 saturated heterocycles. The molecule has 1 aromatic rings. The van der Waals surface area contributed by atoms with Crippen molar-refractivity contribution < 1.29 is 14.8 Å². The van der Waals surface area contributed by atoms with Crippen LogP contribution in [0, 0.1) is 0 Å². The van der Waals surface area contributed by atoms with E-state index in [9.17, 15) is 0 Å². The Balaban J connectivity index is 2.64. The highest BCUT2D eigenvalue weighted by atomic mass is 16.5. The summed E-state index contributed by atoms with van der Waals surface area (Å²) in [5.41, 5.74) is 0.433. The van der Waals surface area contributed by atoms with E-state index in [0.717, 1.165) is 0 Å². The smallest absolute Gasteiger partial charge is 0.488 e. The molecule has 0 radical (unpaired) electrons. The molecule has 0 fully saturated rings. The lowest BCUT2D eigenvalue weighted by atomic mass is 9.80. The lowest BCUT2D eigenvalue weighted by molar-refractivity contribution is 0.362. The van der Waals surface area contributed by atoms with E-state index in [-0.39, 0.29) is 0 Å². The first-order valence-corrected chi connectivity index (χ1v) is 4.44. The van der Waals surface area contributed by atoms with Gasteiger partial charge in [-0.15, -0.1) is 0 Å². The average Bonchev–Trinajstić information content (AvgIpc) is 2.19. The van der Waals surface area contributed by atoms with Crippen LogP contribution >= 0.6 is 0 Å². The molecule has 4 heteroatoms. The summed E-state index contributed by atoms with van der Waals surface area (Å²) in [6.07, 6.45) is 3.77. The summed E-state index contributed by atoms with van der Waals surface area (Å²) in [5, 5.41) is 17.8. The van der Waals surface area contributed by atoms with Crippen molar-refractivity contribution >= 4 is 12.6 Å². The van der Waals surface area contributed by atoms with Crippen LogP contribution in [-0.2, 0) is 0 Å². The van der Waals surface area contributed by atoms with Crippen LogP contribution in [0.1, 0.15) is 6.92 Å². The molecule has 0 unspecified atom stereocenters. The predicted octanol–water partition coefficient (Wildman–Crippen LogP) is 0.321. The lowest BCUT2D eigenvalue weighted by Crippen LogP contribution is -2.29. The van der Waals surface area contributed by atoms with Crippen LogP contribution in [0.4, 0.5) is 0 Å². The van der Waals surface area contributed by atoms with Crippen LogP contribution < -0.4 is 10.2 Å². The normalized spacial score (nSPS) is 10.5. The maximum atomic E-state index is 8.91. The topological polar surface area (TPSA) is 49.7 Å². The van der Waals surface area contributed by atoms with Crippen LogP contribution in [-0.4, -0.2) is 23.8 Å². The van der Waals surface area contributed by atoms with E-state index >= 15 is 0 Å². The van der Waals surface area contributed by atoms with Gasteiger partial charge in [-0.25, -0.2) is 0 Å². The second-order valence-electron chi connectivity index (χ2n) is 2.83. The van der Waals surface area contributed by atoms with Gasteiger partial charge in [0.05, 0.1) is 0 Å². The van der Waals surface area contributed by atoms with Gasteiger partial charge in [0.1, 0.15) is 12.4 Å². The molecule has 1 aromatic carbocycles. The highest BCUT2D eigenvalue weighted by Gasteiger charge is 2.10. The molecule has 0 aliphatic rings. The van der Waals surface area contributed by atoms with E-state index in [1.54, 1.807) is 24.3 Å². The van der Waals surface area contributed by atoms with E-state index in [0.29, 0.717) is 17.8 Å². The summed E-state index contributed by atoms with van der Waals surface area (Å²) in [5.74, 6) is 0.633. The third-order valence-electron chi connectivity index (χ3n) is 1.74. The van der Waals surface area contributed by atoms with Crippen LogP contribution in [0.25, 0.3) is 0 Å². The average molecular weight is 192 g/mol. The molecule has 2 N–H and O–H groups in total. The fourth-order valence-electron chi connectivity index (χ4n) is 1.01. The lowest BCUT2D eigenvalue weighted by Gasteiger charge is -2.05. The van der Waals surface area contributed by atoms with Crippen molar-refractivity contribution in [1.82, 2.24) is 0 Å². The first kappa shape index (κ1) is 10.8. The van der Waals surface area contributed by atoms with Crippen LogP contribution in [0.2, 0.25) is 0 Å². The number of rotatable bonds is 4. The van der Waals surface area contributed by atoms with Crippen molar-refractivity contribution in [3.8, 4) is 5.75 Å². The zero-order valence-electron chi connectivity index (χ0n) is 8.05. The highest BCUT2D eigenvalue weighted by molar-refractivity contribution is 6.58. The second kappa shape index (κ2) is 5.47. The number of benzene rings is 1. The third kappa shape index (κ3) is 3.24. The monoisotopic (exact) mass is 192 g/mol. The maximum Gasteiger partial charge on any atom is 0.488 e. The molecule has 0 spiro atoms. The minimum atomic E-state index is -1.44. The fraction of sp³-hybridized carbons (Fsp3) is 0.200. The molecule has 0 bridgehead atoms. The molecule has 0 atom stereocenters. The molecule has 0 aromatic heterocycles. The van der Waals surface area contributed by atoms with Crippen molar-refractivity contribution in [1.29, 1.82) is 0 Å². The largest absolute Gasteiger partial charge is 0.490 e. The summed E-state index contributed by atoms with van der Waals surface area (Å²) < 4.78 is 5.33. The zero-order valence-corrected chi connectivity index (χ0v) is 8.05. The van der Waals surface area contributed by atoms with Crippen LogP contribution in [0.3, 0.4) is 0 Å². The van der Waals surface area contributed by atoms with E-state index < -0.39 is 7.12 Å². The molecule has 1 rings (SSSR count). The third-order valence-corrected chi connectivity index (χ3v) is 1.74. The molecule has 0 saturated carbocycles.